The second-order valence-corrected chi connectivity index (χ2v) is 8.22. The molecule has 0 amide bonds. The summed E-state index contributed by atoms with van der Waals surface area (Å²) in [5, 5.41) is 8.83. The van der Waals surface area contributed by atoms with Gasteiger partial charge in [-0.2, -0.15) is 0 Å². The molecule has 0 radical (unpaired) electrons. The maximum Gasteiger partial charge on any atom is 0.340 e. The van der Waals surface area contributed by atoms with Gasteiger partial charge in [0.05, 0.1) is 34.9 Å². The van der Waals surface area contributed by atoms with Gasteiger partial charge in [0.2, 0.25) is 0 Å². The van der Waals surface area contributed by atoms with Crippen molar-refractivity contribution in [1.82, 2.24) is 19.7 Å². The van der Waals surface area contributed by atoms with E-state index in [9.17, 15) is 9.59 Å². The van der Waals surface area contributed by atoms with Crippen LogP contribution in [0.25, 0.3) is 11.4 Å². The summed E-state index contributed by atoms with van der Waals surface area (Å²) in [7, 11) is 0. The zero-order valence-corrected chi connectivity index (χ0v) is 18.8. The molecule has 1 N–H and O–H groups in total. The highest BCUT2D eigenvalue weighted by molar-refractivity contribution is 8.00. The van der Waals surface area contributed by atoms with Crippen molar-refractivity contribution < 1.29 is 18.7 Å². The average Bonchev–Trinajstić information content (AvgIpc) is 3.38. The Bertz CT molecular complexity index is 1080. The molecule has 30 heavy (non-hydrogen) atoms. The number of hydrogen-bond donors (Lipinski definition) is 1. The monoisotopic (exact) mass is 430 g/mol. The van der Waals surface area contributed by atoms with Gasteiger partial charge in [-0.25, -0.2) is 4.79 Å². The number of ether oxygens (including phenoxy) is 1. The first-order chi connectivity index (χ1) is 14.3. The fraction of sp³-hybridized carbons (Fsp3) is 0.429. The third-order valence-electron chi connectivity index (χ3n) is 4.95. The Balaban J connectivity index is 1.85. The van der Waals surface area contributed by atoms with Gasteiger partial charge in [-0.15, -0.1) is 10.2 Å². The largest absolute Gasteiger partial charge is 0.469 e. The van der Waals surface area contributed by atoms with Crippen LogP contribution in [-0.4, -0.2) is 43.4 Å². The topological polar surface area (TPSA) is 103 Å². The number of aromatic nitrogens is 4. The number of aromatic amines is 1. The molecule has 3 aromatic rings. The molecule has 0 aromatic carbocycles. The molecule has 0 fully saturated rings. The summed E-state index contributed by atoms with van der Waals surface area (Å²) in [6.07, 6.45) is 1.62. The van der Waals surface area contributed by atoms with E-state index in [4.69, 9.17) is 9.15 Å². The Morgan fingerprint density at radius 1 is 1.27 bits per heavy atom. The smallest absolute Gasteiger partial charge is 0.340 e. The Morgan fingerprint density at radius 2 is 2.00 bits per heavy atom. The molecule has 0 saturated carbocycles. The number of hydrogen-bond acceptors (Lipinski definition) is 7. The van der Waals surface area contributed by atoms with Gasteiger partial charge in [0.15, 0.2) is 16.8 Å². The molecule has 0 aliphatic carbocycles. The number of carbonyl (C=O) groups is 2. The molecular formula is C21H26N4O4S. The van der Waals surface area contributed by atoms with E-state index in [0.29, 0.717) is 40.0 Å². The van der Waals surface area contributed by atoms with Crippen molar-refractivity contribution in [3.05, 3.63) is 40.6 Å². The Labute approximate surface area is 179 Å². The first-order valence-corrected chi connectivity index (χ1v) is 10.7. The lowest BCUT2D eigenvalue weighted by molar-refractivity contribution is 0.0525. The van der Waals surface area contributed by atoms with Gasteiger partial charge in [0, 0.05) is 12.2 Å². The lowest BCUT2D eigenvalue weighted by Gasteiger charge is -2.11. The molecule has 160 valence electrons. The summed E-state index contributed by atoms with van der Waals surface area (Å²) in [5.41, 5.74) is 2.96. The number of furan rings is 1. The summed E-state index contributed by atoms with van der Waals surface area (Å²) >= 11 is 1.34. The molecule has 9 heteroatoms. The second-order valence-electron chi connectivity index (χ2n) is 6.91. The molecule has 1 atom stereocenters. The van der Waals surface area contributed by atoms with Crippen LogP contribution >= 0.6 is 11.8 Å². The SMILES string of the molecule is CCOC(=O)c1c(C)[nH]c(C(=O)[C@H](C)Sc2nnc(-c3ccoc3C)n2CC)c1C. The number of H-pyrrole nitrogens is 1. The van der Waals surface area contributed by atoms with Crippen molar-refractivity contribution in [1.29, 1.82) is 0 Å². The summed E-state index contributed by atoms with van der Waals surface area (Å²) < 4.78 is 12.5. The molecule has 0 aliphatic rings. The third kappa shape index (κ3) is 3.94. The van der Waals surface area contributed by atoms with E-state index in [0.717, 1.165) is 11.3 Å². The number of aryl methyl sites for hydroxylation is 2. The number of ketones is 1. The highest BCUT2D eigenvalue weighted by Crippen LogP contribution is 2.31. The quantitative estimate of drug-likeness (QED) is 0.322. The van der Waals surface area contributed by atoms with E-state index in [1.807, 2.05) is 31.4 Å². The summed E-state index contributed by atoms with van der Waals surface area (Å²) in [6, 6.07) is 1.86. The molecule has 0 spiro atoms. The lowest BCUT2D eigenvalue weighted by atomic mass is 10.1. The number of Topliss-reactive ketones (excluding diaryl/α,β-unsaturated/α-hetero) is 1. The van der Waals surface area contributed by atoms with Gasteiger partial charge in [-0.1, -0.05) is 11.8 Å². The fourth-order valence-electron chi connectivity index (χ4n) is 3.40. The van der Waals surface area contributed by atoms with E-state index >= 15 is 0 Å². The normalized spacial score (nSPS) is 12.2. The Hall–Kier alpha value is -2.81. The number of nitrogens with zero attached hydrogens (tertiary/aromatic N) is 3. The van der Waals surface area contributed by atoms with E-state index in [-0.39, 0.29) is 12.4 Å². The van der Waals surface area contributed by atoms with Crippen molar-refractivity contribution in [2.75, 3.05) is 6.61 Å². The van der Waals surface area contributed by atoms with Crippen LogP contribution in [0.5, 0.6) is 0 Å². The zero-order valence-electron chi connectivity index (χ0n) is 18.0. The minimum absolute atomic E-state index is 0.108. The molecule has 8 nitrogen and oxygen atoms in total. The molecular weight excluding hydrogens is 404 g/mol. The molecule has 0 saturated heterocycles. The average molecular weight is 431 g/mol. The molecule has 3 rings (SSSR count). The number of nitrogens with one attached hydrogen (secondary N) is 1. The summed E-state index contributed by atoms with van der Waals surface area (Å²) in [6.45, 7) is 11.9. The van der Waals surface area contributed by atoms with Crippen molar-refractivity contribution >= 4 is 23.5 Å². The fourth-order valence-corrected chi connectivity index (χ4v) is 4.37. The molecule has 0 bridgehead atoms. The molecule has 0 unspecified atom stereocenters. The number of carbonyl (C=O) groups excluding carboxylic acids is 2. The van der Waals surface area contributed by atoms with E-state index in [2.05, 4.69) is 15.2 Å². The van der Waals surface area contributed by atoms with E-state index in [1.54, 1.807) is 27.0 Å². The van der Waals surface area contributed by atoms with Gasteiger partial charge in [-0.3, -0.25) is 4.79 Å². The Kier molecular flexibility index (Phi) is 6.50. The van der Waals surface area contributed by atoms with Crippen LogP contribution in [0.2, 0.25) is 0 Å². The number of rotatable bonds is 8. The lowest BCUT2D eigenvalue weighted by Crippen LogP contribution is -2.16. The van der Waals surface area contributed by atoms with Crippen molar-refractivity contribution in [3.8, 4) is 11.4 Å². The first-order valence-electron chi connectivity index (χ1n) is 9.84. The van der Waals surface area contributed by atoms with Gasteiger partial charge in [-0.05, 0) is 53.2 Å². The van der Waals surface area contributed by atoms with E-state index < -0.39 is 11.2 Å². The van der Waals surface area contributed by atoms with Gasteiger partial charge >= 0.3 is 5.97 Å². The summed E-state index contributed by atoms with van der Waals surface area (Å²) in [4.78, 5) is 28.4. The highest BCUT2D eigenvalue weighted by Gasteiger charge is 2.28. The van der Waals surface area contributed by atoms with Crippen LogP contribution in [0.1, 0.15) is 58.6 Å². The van der Waals surface area contributed by atoms with Crippen LogP contribution in [0.3, 0.4) is 0 Å². The predicted octanol–water partition coefficient (Wildman–Crippen LogP) is 4.35. The van der Waals surface area contributed by atoms with Gasteiger partial charge < -0.3 is 18.7 Å². The summed E-state index contributed by atoms with van der Waals surface area (Å²) in [5.74, 6) is 0.945. The maximum atomic E-state index is 13.1. The first kappa shape index (κ1) is 21.9. The van der Waals surface area contributed by atoms with Crippen molar-refractivity contribution in [2.24, 2.45) is 0 Å². The minimum Gasteiger partial charge on any atom is -0.469 e. The van der Waals surface area contributed by atoms with Crippen LogP contribution in [-0.2, 0) is 11.3 Å². The van der Waals surface area contributed by atoms with Crippen molar-refractivity contribution in [3.63, 3.8) is 0 Å². The Morgan fingerprint density at radius 3 is 2.60 bits per heavy atom. The van der Waals surface area contributed by atoms with E-state index in [1.165, 1.54) is 11.8 Å². The van der Waals surface area contributed by atoms with Crippen LogP contribution in [0, 0.1) is 20.8 Å². The van der Waals surface area contributed by atoms with Gasteiger partial charge in [0.25, 0.3) is 0 Å². The number of thioether (sulfide) groups is 1. The second kappa shape index (κ2) is 8.91. The maximum absolute atomic E-state index is 13.1. The molecule has 0 aliphatic heterocycles. The highest BCUT2D eigenvalue weighted by atomic mass is 32.2. The predicted molar refractivity (Wildman–Crippen MR) is 114 cm³/mol. The number of esters is 1. The molecule has 3 aromatic heterocycles. The van der Waals surface area contributed by atoms with Crippen LogP contribution < -0.4 is 0 Å². The van der Waals surface area contributed by atoms with Gasteiger partial charge in [0.1, 0.15) is 5.76 Å². The standard InChI is InChI=1S/C21H26N4O4S/c1-7-25-19(15-9-10-29-13(15)5)23-24-21(25)30-14(6)18(26)17-11(3)16(12(4)22-17)20(27)28-8-2/h9-10,14,22H,7-8H2,1-6H3/t14-/m0/s1. The van der Waals surface area contributed by atoms with Crippen LogP contribution in [0.15, 0.2) is 21.9 Å². The van der Waals surface area contributed by atoms with Crippen LogP contribution in [0.4, 0.5) is 0 Å². The third-order valence-corrected chi connectivity index (χ3v) is 6.03. The minimum atomic E-state index is -0.426. The zero-order chi connectivity index (χ0) is 22.0. The molecule has 3 heterocycles. The van der Waals surface area contributed by atoms with Crippen molar-refractivity contribution in [2.45, 2.75) is 58.5 Å².